The van der Waals surface area contributed by atoms with E-state index in [1.807, 2.05) is 24.3 Å². The van der Waals surface area contributed by atoms with Crippen LogP contribution in [0.1, 0.15) is 0 Å². The monoisotopic (exact) mass is 388 g/mol. The number of benzene rings is 2. The van der Waals surface area contributed by atoms with E-state index in [1.54, 1.807) is 25.6 Å². The van der Waals surface area contributed by atoms with Gasteiger partial charge in [-0.3, -0.25) is 0 Å². The molecule has 2 aromatic carbocycles. The molecule has 2 fully saturated rings. The molecule has 6 nitrogen and oxygen atoms in total. The molecule has 2 atom stereocenters. The van der Waals surface area contributed by atoms with Crippen molar-refractivity contribution in [2.75, 3.05) is 40.6 Å². The van der Waals surface area contributed by atoms with Crippen molar-refractivity contribution < 1.29 is 28.4 Å². The van der Waals surface area contributed by atoms with Gasteiger partial charge in [0.2, 0.25) is 0 Å². The minimum atomic E-state index is 0.193. The summed E-state index contributed by atoms with van der Waals surface area (Å²) >= 11 is 1.69. The molecule has 2 saturated heterocycles. The summed E-state index contributed by atoms with van der Waals surface area (Å²) in [5.41, 5.74) is 0. The van der Waals surface area contributed by atoms with Gasteiger partial charge in [0, 0.05) is 32.3 Å². The highest BCUT2D eigenvalue weighted by Crippen LogP contribution is 2.44. The summed E-state index contributed by atoms with van der Waals surface area (Å²) in [4.78, 5) is 0. The van der Waals surface area contributed by atoms with E-state index in [9.17, 15) is 0 Å². The molecular weight excluding hydrogens is 368 g/mol. The fourth-order valence-corrected chi connectivity index (χ4v) is 4.16. The molecule has 2 aliphatic rings. The number of hydrogen-bond donors (Lipinski definition) is 0. The van der Waals surface area contributed by atoms with Crippen LogP contribution in [0.3, 0.4) is 0 Å². The van der Waals surface area contributed by atoms with E-state index in [-0.39, 0.29) is 12.2 Å². The van der Waals surface area contributed by atoms with E-state index in [2.05, 4.69) is 0 Å². The second-order valence-electron chi connectivity index (χ2n) is 6.63. The van der Waals surface area contributed by atoms with Crippen molar-refractivity contribution in [3.8, 4) is 23.0 Å². The van der Waals surface area contributed by atoms with Crippen LogP contribution >= 0.6 is 11.3 Å². The zero-order valence-electron chi connectivity index (χ0n) is 15.2. The van der Waals surface area contributed by atoms with E-state index in [4.69, 9.17) is 28.4 Å². The van der Waals surface area contributed by atoms with E-state index in [1.165, 1.54) is 0 Å². The first-order valence-electron chi connectivity index (χ1n) is 8.86. The predicted molar refractivity (Wildman–Crippen MR) is 103 cm³/mol. The lowest BCUT2D eigenvalue weighted by molar-refractivity contribution is 0.252. The average Bonchev–Trinajstić information content (AvgIpc) is 3.61. The summed E-state index contributed by atoms with van der Waals surface area (Å²) < 4.78 is 35.6. The SMILES string of the molecule is COc1cc2sc3cc(OC)c(OCC4CO4)cc3c2cc1OCC1CO1. The molecule has 0 aliphatic carbocycles. The van der Waals surface area contributed by atoms with Crippen molar-refractivity contribution in [2.24, 2.45) is 0 Å². The van der Waals surface area contributed by atoms with Crippen molar-refractivity contribution in [3.05, 3.63) is 24.3 Å². The summed E-state index contributed by atoms with van der Waals surface area (Å²) in [6, 6.07) is 8.12. The Hall–Kier alpha value is -2.22. The van der Waals surface area contributed by atoms with Crippen LogP contribution in [0, 0.1) is 0 Å². The summed E-state index contributed by atoms with van der Waals surface area (Å²) in [6.07, 6.45) is 0.386. The van der Waals surface area contributed by atoms with Crippen molar-refractivity contribution in [3.63, 3.8) is 0 Å². The number of rotatable bonds is 8. The Morgan fingerprint density at radius 1 is 0.778 bits per heavy atom. The van der Waals surface area contributed by atoms with Gasteiger partial charge in [-0.2, -0.15) is 0 Å². The van der Waals surface area contributed by atoms with Gasteiger partial charge in [0.15, 0.2) is 23.0 Å². The van der Waals surface area contributed by atoms with E-state index < -0.39 is 0 Å². The second-order valence-corrected chi connectivity index (χ2v) is 7.72. The topological polar surface area (TPSA) is 62.0 Å². The molecular formula is C20H20O6S. The van der Waals surface area contributed by atoms with Gasteiger partial charge >= 0.3 is 0 Å². The number of epoxide rings is 2. The number of fused-ring (bicyclic) bond motifs is 3. The van der Waals surface area contributed by atoms with Gasteiger partial charge in [0.25, 0.3) is 0 Å². The van der Waals surface area contributed by atoms with Crippen LogP contribution in [-0.2, 0) is 9.47 Å². The predicted octanol–water partition coefficient (Wildman–Crippen LogP) is 3.63. The lowest BCUT2D eigenvalue weighted by atomic mass is 10.1. The molecule has 5 rings (SSSR count). The highest BCUT2D eigenvalue weighted by molar-refractivity contribution is 7.25. The molecule has 0 radical (unpaired) electrons. The van der Waals surface area contributed by atoms with Gasteiger partial charge < -0.3 is 28.4 Å². The van der Waals surface area contributed by atoms with Gasteiger partial charge in [-0.25, -0.2) is 0 Å². The van der Waals surface area contributed by atoms with Crippen LogP contribution in [0.25, 0.3) is 20.2 Å². The molecule has 0 amide bonds. The van der Waals surface area contributed by atoms with Crippen molar-refractivity contribution in [1.29, 1.82) is 0 Å². The quantitative estimate of drug-likeness (QED) is 0.549. The maximum Gasteiger partial charge on any atom is 0.162 e. The molecule has 0 bridgehead atoms. The zero-order chi connectivity index (χ0) is 18.4. The average molecular weight is 388 g/mol. The molecule has 2 aliphatic heterocycles. The Bertz CT molecular complexity index is 911. The maximum atomic E-state index is 5.92. The summed E-state index contributed by atoms with van der Waals surface area (Å²) in [5, 5.41) is 2.22. The lowest BCUT2D eigenvalue weighted by Crippen LogP contribution is -2.05. The third kappa shape index (κ3) is 3.38. The van der Waals surface area contributed by atoms with Crippen LogP contribution in [0.15, 0.2) is 24.3 Å². The van der Waals surface area contributed by atoms with Gasteiger partial charge in [-0.15, -0.1) is 11.3 Å². The Morgan fingerprint density at radius 2 is 1.22 bits per heavy atom. The lowest BCUT2D eigenvalue weighted by Gasteiger charge is -2.11. The number of ether oxygens (including phenoxy) is 6. The summed E-state index contributed by atoms with van der Waals surface area (Å²) in [5.74, 6) is 2.91. The van der Waals surface area contributed by atoms with Gasteiger partial charge in [0.05, 0.1) is 27.4 Å². The Labute approximate surface area is 160 Å². The Kier molecular flexibility index (Phi) is 4.22. The van der Waals surface area contributed by atoms with Gasteiger partial charge in [-0.1, -0.05) is 0 Å². The highest BCUT2D eigenvalue weighted by Gasteiger charge is 2.25. The second kappa shape index (κ2) is 6.74. The molecule has 7 heteroatoms. The highest BCUT2D eigenvalue weighted by atomic mass is 32.1. The molecule has 3 aromatic rings. The minimum Gasteiger partial charge on any atom is -0.493 e. The first-order chi connectivity index (χ1) is 13.2. The van der Waals surface area contributed by atoms with Crippen LogP contribution in [0.2, 0.25) is 0 Å². The number of methoxy groups -OCH3 is 2. The number of hydrogen-bond acceptors (Lipinski definition) is 7. The molecule has 142 valence electrons. The molecule has 3 heterocycles. The largest absolute Gasteiger partial charge is 0.493 e. The number of thiophene rings is 1. The maximum absolute atomic E-state index is 5.92. The standard InChI is InChI=1S/C20H20O6S/c1-21-15-5-19-13(3-17(15)25-9-11-7-23-11)14-4-18(26-10-12-8-24-12)16(22-2)6-20(14)27-19/h3-6,11-12H,7-10H2,1-2H3. The summed E-state index contributed by atoms with van der Waals surface area (Å²) in [7, 11) is 3.31. The van der Waals surface area contributed by atoms with Crippen molar-refractivity contribution in [1.82, 2.24) is 0 Å². The fourth-order valence-electron chi connectivity index (χ4n) is 3.03. The van der Waals surface area contributed by atoms with Gasteiger partial charge in [0.1, 0.15) is 25.4 Å². The van der Waals surface area contributed by atoms with E-state index in [0.29, 0.717) is 13.2 Å². The van der Waals surface area contributed by atoms with E-state index in [0.717, 1.165) is 56.4 Å². The minimum absolute atomic E-state index is 0.193. The third-order valence-electron chi connectivity index (χ3n) is 4.70. The van der Waals surface area contributed by atoms with Crippen LogP contribution in [-0.4, -0.2) is 52.9 Å². The third-order valence-corrected chi connectivity index (χ3v) is 5.81. The van der Waals surface area contributed by atoms with Gasteiger partial charge in [-0.05, 0) is 12.1 Å². The molecule has 2 unspecified atom stereocenters. The first kappa shape index (κ1) is 16.9. The van der Waals surface area contributed by atoms with Crippen LogP contribution in [0.4, 0.5) is 0 Å². The first-order valence-corrected chi connectivity index (χ1v) is 9.68. The normalized spacial score (nSPS) is 20.7. The molecule has 0 spiro atoms. The van der Waals surface area contributed by atoms with Crippen LogP contribution < -0.4 is 18.9 Å². The Morgan fingerprint density at radius 3 is 1.59 bits per heavy atom. The van der Waals surface area contributed by atoms with Crippen LogP contribution in [0.5, 0.6) is 23.0 Å². The molecule has 27 heavy (non-hydrogen) atoms. The van der Waals surface area contributed by atoms with E-state index >= 15 is 0 Å². The molecule has 0 saturated carbocycles. The van der Waals surface area contributed by atoms with Crippen molar-refractivity contribution >= 4 is 31.5 Å². The zero-order valence-corrected chi connectivity index (χ0v) is 16.0. The smallest absolute Gasteiger partial charge is 0.162 e. The summed E-state index contributed by atoms with van der Waals surface area (Å²) in [6.45, 7) is 2.59. The molecule has 0 N–H and O–H groups in total. The Balaban J connectivity index is 1.57. The van der Waals surface area contributed by atoms with Crippen molar-refractivity contribution in [2.45, 2.75) is 12.2 Å². The molecule has 1 aromatic heterocycles. The fraction of sp³-hybridized carbons (Fsp3) is 0.400.